The topological polar surface area (TPSA) is 51.4 Å². The maximum atomic E-state index is 5.84. The Balaban J connectivity index is 2.30. The zero-order chi connectivity index (χ0) is 17.4. The van der Waals surface area contributed by atoms with Gasteiger partial charge in [-0.25, -0.2) is 9.67 Å². The van der Waals surface area contributed by atoms with Gasteiger partial charge in [-0.2, -0.15) is 5.10 Å². The lowest BCUT2D eigenvalue weighted by Crippen LogP contribution is -2.26. The van der Waals surface area contributed by atoms with Gasteiger partial charge in [0.15, 0.2) is 5.11 Å². The minimum atomic E-state index is 0.462. The van der Waals surface area contributed by atoms with Crippen molar-refractivity contribution in [2.75, 3.05) is 13.2 Å². The van der Waals surface area contributed by atoms with Gasteiger partial charge < -0.3 is 10.1 Å². The number of hydrogen-bond donors (Lipinski definition) is 1. The number of rotatable bonds is 6. The Bertz CT molecular complexity index is 725. The molecule has 0 aliphatic heterocycles. The first-order valence-corrected chi connectivity index (χ1v) is 8.61. The lowest BCUT2D eigenvalue weighted by atomic mass is 10.2. The summed E-state index contributed by atoms with van der Waals surface area (Å²) in [4.78, 5) is 4.40. The Kier molecular flexibility index (Phi) is 6.93. The van der Waals surface area contributed by atoms with Crippen molar-refractivity contribution in [3.8, 4) is 11.6 Å². The molecule has 2 aromatic rings. The van der Waals surface area contributed by atoms with Crippen LogP contribution in [0.3, 0.4) is 0 Å². The predicted octanol–water partition coefficient (Wildman–Crippen LogP) is 3.09. The third-order valence-electron chi connectivity index (χ3n) is 3.13. The number of aromatic nitrogens is 2. The van der Waals surface area contributed by atoms with Crippen molar-refractivity contribution < 1.29 is 4.74 Å². The van der Waals surface area contributed by atoms with E-state index in [9.17, 15) is 0 Å². The van der Waals surface area contributed by atoms with Gasteiger partial charge in [0.2, 0.25) is 5.88 Å². The van der Waals surface area contributed by atoms with E-state index in [4.69, 9.17) is 17.0 Å². The summed E-state index contributed by atoms with van der Waals surface area (Å²) in [5, 5.41) is 8.73. The van der Waals surface area contributed by atoms with Gasteiger partial charge in [-0.05, 0) is 36.7 Å². The molecule has 0 spiro atoms. The van der Waals surface area contributed by atoms with Gasteiger partial charge in [-0.1, -0.05) is 39.0 Å². The molecular formula is C18H24N4OS. The molecule has 24 heavy (non-hydrogen) atoms. The minimum Gasteiger partial charge on any atom is -0.478 e. The lowest BCUT2D eigenvalue weighted by Gasteiger charge is -2.12. The number of thiocarbonyl (C=S) groups is 1. The van der Waals surface area contributed by atoms with E-state index in [1.807, 2.05) is 36.4 Å². The molecule has 6 heteroatoms. The zero-order valence-corrected chi connectivity index (χ0v) is 15.2. The summed E-state index contributed by atoms with van der Waals surface area (Å²) in [6.07, 6.45) is 2.61. The molecule has 0 amide bonds. The van der Waals surface area contributed by atoms with Crippen LogP contribution in [-0.2, 0) is 0 Å². The van der Waals surface area contributed by atoms with Crippen molar-refractivity contribution in [2.24, 2.45) is 10.9 Å². The highest BCUT2D eigenvalue weighted by molar-refractivity contribution is 7.80. The standard InChI is InChI=1S/C18H24N4OS/c1-4-10-23-17-11-15(21-18(24)19-12-14(2)3)13-20-22(17)16-8-6-5-7-9-16/h5-9,11,13-14H,4,10,12H2,1-3H3,(H,19,24). The van der Waals surface area contributed by atoms with Crippen molar-refractivity contribution in [1.82, 2.24) is 15.1 Å². The normalized spacial score (nSPS) is 11.6. The van der Waals surface area contributed by atoms with Crippen LogP contribution in [0.25, 0.3) is 5.69 Å². The zero-order valence-electron chi connectivity index (χ0n) is 14.4. The van der Waals surface area contributed by atoms with Crippen LogP contribution in [-0.4, -0.2) is 28.0 Å². The fraction of sp³-hybridized carbons (Fsp3) is 0.389. The van der Waals surface area contributed by atoms with Crippen molar-refractivity contribution in [2.45, 2.75) is 27.2 Å². The van der Waals surface area contributed by atoms with E-state index in [1.165, 1.54) is 0 Å². The van der Waals surface area contributed by atoms with Crippen LogP contribution in [0.5, 0.6) is 5.88 Å². The molecule has 0 aliphatic carbocycles. The van der Waals surface area contributed by atoms with E-state index in [0.29, 0.717) is 28.9 Å². The first-order chi connectivity index (χ1) is 11.6. The van der Waals surface area contributed by atoms with Crippen LogP contribution in [0.15, 0.2) is 47.6 Å². The van der Waals surface area contributed by atoms with Gasteiger partial charge in [-0.3, -0.25) is 0 Å². The summed E-state index contributed by atoms with van der Waals surface area (Å²) < 4.78 is 7.60. The Hall–Kier alpha value is -2.21. The van der Waals surface area contributed by atoms with Crippen LogP contribution in [0.1, 0.15) is 27.2 Å². The molecule has 2 rings (SSSR count). The summed E-state index contributed by atoms with van der Waals surface area (Å²) in [6.45, 7) is 7.73. The molecule has 0 radical (unpaired) electrons. The van der Waals surface area contributed by atoms with Crippen LogP contribution >= 0.6 is 12.2 Å². The molecule has 0 bridgehead atoms. The maximum Gasteiger partial charge on any atom is 0.217 e. The minimum absolute atomic E-state index is 0.462. The average Bonchev–Trinajstić information content (AvgIpc) is 2.59. The molecule has 1 heterocycles. The molecule has 0 aliphatic rings. The smallest absolute Gasteiger partial charge is 0.217 e. The van der Waals surface area contributed by atoms with Crippen molar-refractivity contribution >= 4 is 17.3 Å². The van der Waals surface area contributed by atoms with Gasteiger partial charge in [0.05, 0.1) is 23.8 Å². The first-order valence-electron chi connectivity index (χ1n) is 8.20. The third kappa shape index (κ3) is 5.45. The molecule has 0 unspecified atom stereocenters. The molecule has 0 saturated carbocycles. The molecule has 1 aromatic heterocycles. The monoisotopic (exact) mass is 344 g/mol. The number of para-hydroxylation sites is 1. The fourth-order valence-corrected chi connectivity index (χ4v) is 2.17. The Morgan fingerprint density at radius 3 is 2.75 bits per heavy atom. The van der Waals surface area contributed by atoms with Crippen molar-refractivity contribution in [3.63, 3.8) is 0 Å². The quantitative estimate of drug-likeness (QED) is 0.818. The average molecular weight is 344 g/mol. The molecule has 128 valence electrons. The SMILES string of the molecule is CCCOc1cc(=NC(=S)NCC(C)C)cnn1-c1ccccc1. The number of hydrogen-bond acceptors (Lipinski definition) is 3. The summed E-state index contributed by atoms with van der Waals surface area (Å²) in [7, 11) is 0. The highest BCUT2D eigenvalue weighted by atomic mass is 32.1. The van der Waals surface area contributed by atoms with Crippen LogP contribution in [0, 0.1) is 5.92 Å². The van der Waals surface area contributed by atoms with Gasteiger partial charge in [0.25, 0.3) is 0 Å². The second kappa shape index (κ2) is 9.17. The fourth-order valence-electron chi connectivity index (χ4n) is 1.98. The van der Waals surface area contributed by atoms with E-state index in [-0.39, 0.29) is 0 Å². The Labute approximate surface area is 148 Å². The van der Waals surface area contributed by atoms with E-state index >= 15 is 0 Å². The largest absolute Gasteiger partial charge is 0.478 e. The van der Waals surface area contributed by atoms with Crippen LogP contribution in [0.4, 0.5) is 0 Å². The van der Waals surface area contributed by atoms with Crippen molar-refractivity contribution in [1.29, 1.82) is 0 Å². The van der Waals surface area contributed by atoms with Gasteiger partial charge >= 0.3 is 0 Å². The second-order valence-electron chi connectivity index (χ2n) is 5.84. The third-order valence-corrected chi connectivity index (χ3v) is 3.37. The van der Waals surface area contributed by atoms with Gasteiger partial charge in [0, 0.05) is 12.6 Å². The molecular weight excluding hydrogens is 320 g/mol. The highest BCUT2D eigenvalue weighted by Crippen LogP contribution is 2.14. The summed E-state index contributed by atoms with van der Waals surface area (Å²) in [5.41, 5.74) is 0.940. The number of nitrogens with zero attached hydrogens (tertiary/aromatic N) is 3. The first kappa shape index (κ1) is 18.1. The molecule has 1 aromatic carbocycles. The van der Waals surface area contributed by atoms with E-state index < -0.39 is 0 Å². The lowest BCUT2D eigenvalue weighted by molar-refractivity contribution is 0.291. The van der Waals surface area contributed by atoms with Crippen LogP contribution in [0.2, 0.25) is 0 Å². The second-order valence-corrected chi connectivity index (χ2v) is 6.23. The number of ether oxygens (including phenoxy) is 1. The van der Waals surface area contributed by atoms with E-state index in [2.05, 4.69) is 36.2 Å². The summed E-state index contributed by atoms with van der Waals surface area (Å²) in [6, 6.07) is 11.7. The predicted molar refractivity (Wildman–Crippen MR) is 100 cm³/mol. The molecule has 5 nitrogen and oxygen atoms in total. The van der Waals surface area contributed by atoms with Gasteiger partial charge in [0.1, 0.15) is 0 Å². The Morgan fingerprint density at radius 1 is 1.33 bits per heavy atom. The molecule has 0 fully saturated rings. The van der Waals surface area contributed by atoms with Crippen molar-refractivity contribution in [3.05, 3.63) is 48.0 Å². The molecule has 1 N–H and O–H groups in total. The number of benzene rings is 1. The number of nitrogens with one attached hydrogen (secondary N) is 1. The highest BCUT2D eigenvalue weighted by Gasteiger charge is 2.05. The summed E-state index contributed by atoms with van der Waals surface area (Å²) >= 11 is 5.26. The van der Waals surface area contributed by atoms with E-state index in [0.717, 1.165) is 18.7 Å². The molecule has 0 atom stereocenters. The van der Waals surface area contributed by atoms with E-state index in [1.54, 1.807) is 10.9 Å². The van der Waals surface area contributed by atoms with Crippen LogP contribution < -0.4 is 15.4 Å². The van der Waals surface area contributed by atoms with Gasteiger partial charge in [-0.15, -0.1) is 0 Å². The Morgan fingerprint density at radius 2 is 2.08 bits per heavy atom. The molecule has 0 saturated heterocycles. The maximum absolute atomic E-state index is 5.84. The summed E-state index contributed by atoms with van der Waals surface area (Å²) in [5.74, 6) is 1.16.